The van der Waals surface area contributed by atoms with Crippen LogP contribution >= 0.6 is 0 Å². The molecule has 0 aliphatic carbocycles. The van der Waals surface area contributed by atoms with Crippen molar-refractivity contribution in [3.63, 3.8) is 0 Å². The normalized spacial score (nSPS) is 27.4. The van der Waals surface area contributed by atoms with Crippen LogP contribution in [0.2, 0.25) is 0 Å². The highest BCUT2D eigenvalue weighted by atomic mass is 15.2. The lowest BCUT2D eigenvalue weighted by Gasteiger charge is -2.32. The third-order valence-electron chi connectivity index (χ3n) is 7.19. The summed E-state index contributed by atoms with van der Waals surface area (Å²) in [7, 11) is 4.45. The molecule has 0 radical (unpaired) electrons. The van der Waals surface area contributed by atoms with E-state index in [0.717, 1.165) is 12.0 Å². The van der Waals surface area contributed by atoms with E-state index in [1.165, 1.54) is 64.8 Å². The molecule has 3 saturated heterocycles. The van der Waals surface area contributed by atoms with Gasteiger partial charge in [-0.2, -0.15) is 0 Å². The SMILES string of the molecule is CC(C)(C)N1CCCC1.CN1CCC(C(C)(C)C)C1.CN1CCCC1C(C)(C)C. The molecule has 0 aromatic rings. The van der Waals surface area contributed by atoms with Crippen LogP contribution in [0.1, 0.15) is 94.4 Å². The summed E-state index contributed by atoms with van der Waals surface area (Å²) in [5.41, 5.74) is 1.41. The van der Waals surface area contributed by atoms with Gasteiger partial charge in [-0.1, -0.05) is 41.5 Å². The van der Waals surface area contributed by atoms with Crippen LogP contribution in [0.3, 0.4) is 0 Å². The summed E-state index contributed by atoms with van der Waals surface area (Å²) >= 11 is 0. The summed E-state index contributed by atoms with van der Waals surface area (Å²) in [6.07, 6.45) is 6.97. The van der Waals surface area contributed by atoms with Gasteiger partial charge < -0.3 is 9.80 Å². The molecule has 3 nitrogen and oxygen atoms in total. The van der Waals surface area contributed by atoms with Crippen LogP contribution in [-0.2, 0) is 0 Å². The number of nitrogens with zero attached hydrogens (tertiary/aromatic N) is 3. The van der Waals surface area contributed by atoms with Crippen LogP contribution in [0.25, 0.3) is 0 Å². The maximum atomic E-state index is 2.55. The van der Waals surface area contributed by atoms with E-state index in [9.17, 15) is 0 Å². The lowest BCUT2D eigenvalue weighted by atomic mass is 9.80. The fraction of sp³-hybridized carbons (Fsp3) is 1.00. The average molecular weight is 410 g/mol. The molecule has 3 heterocycles. The van der Waals surface area contributed by atoms with Crippen LogP contribution in [0, 0.1) is 16.7 Å². The van der Waals surface area contributed by atoms with E-state index in [2.05, 4.69) is 91.1 Å². The van der Waals surface area contributed by atoms with E-state index >= 15 is 0 Å². The summed E-state index contributed by atoms with van der Waals surface area (Å²) in [6.45, 7) is 27.4. The molecule has 0 aromatic heterocycles. The largest absolute Gasteiger partial charge is 0.306 e. The topological polar surface area (TPSA) is 9.72 Å². The van der Waals surface area contributed by atoms with E-state index < -0.39 is 0 Å². The molecule has 3 heteroatoms. The van der Waals surface area contributed by atoms with Crippen molar-refractivity contribution in [1.82, 2.24) is 14.7 Å². The Balaban J connectivity index is 0.000000218. The van der Waals surface area contributed by atoms with Gasteiger partial charge in [0.25, 0.3) is 0 Å². The van der Waals surface area contributed by atoms with Crippen LogP contribution in [-0.4, -0.2) is 73.1 Å². The number of rotatable bonds is 0. The van der Waals surface area contributed by atoms with Crippen molar-refractivity contribution in [3.05, 3.63) is 0 Å². The van der Waals surface area contributed by atoms with Crippen molar-refractivity contribution in [2.75, 3.05) is 46.8 Å². The zero-order chi connectivity index (χ0) is 22.5. The minimum absolute atomic E-state index is 0.413. The summed E-state index contributed by atoms with van der Waals surface area (Å²) in [5.74, 6) is 0.914. The first-order chi connectivity index (χ1) is 13.1. The van der Waals surface area contributed by atoms with E-state index in [-0.39, 0.29) is 0 Å². The maximum absolute atomic E-state index is 2.55. The minimum atomic E-state index is 0.413. The van der Waals surface area contributed by atoms with Crippen LogP contribution < -0.4 is 0 Å². The van der Waals surface area contributed by atoms with E-state index in [1.54, 1.807) is 0 Å². The molecule has 3 aliphatic heterocycles. The Morgan fingerprint density at radius 2 is 1.17 bits per heavy atom. The highest BCUT2D eigenvalue weighted by Gasteiger charge is 2.31. The van der Waals surface area contributed by atoms with Gasteiger partial charge in [-0.3, -0.25) is 4.90 Å². The van der Waals surface area contributed by atoms with Gasteiger partial charge in [0, 0.05) is 18.1 Å². The predicted octanol–water partition coefficient (Wildman–Crippen LogP) is 5.99. The monoisotopic (exact) mass is 409 g/mol. The highest BCUT2D eigenvalue weighted by molar-refractivity contribution is 4.86. The zero-order valence-electron chi connectivity index (χ0n) is 22.1. The predicted molar refractivity (Wildman–Crippen MR) is 131 cm³/mol. The summed E-state index contributed by atoms with van der Waals surface area (Å²) in [5, 5.41) is 0. The molecule has 3 fully saturated rings. The Labute approximate surface area is 184 Å². The van der Waals surface area contributed by atoms with Crippen molar-refractivity contribution >= 4 is 0 Å². The third-order valence-corrected chi connectivity index (χ3v) is 7.19. The van der Waals surface area contributed by atoms with Gasteiger partial charge in [-0.05, 0) is 110 Å². The van der Waals surface area contributed by atoms with Crippen molar-refractivity contribution in [2.24, 2.45) is 16.7 Å². The van der Waals surface area contributed by atoms with Crippen molar-refractivity contribution in [1.29, 1.82) is 0 Å². The molecule has 174 valence electrons. The summed E-state index contributed by atoms with van der Waals surface area (Å²) < 4.78 is 0. The van der Waals surface area contributed by atoms with Crippen molar-refractivity contribution in [2.45, 2.75) is 106 Å². The standard InChI is InChI=1S/2C9H19N.C8H17N/c1-9(2,3)8-5-6-10(4)7-8;1-9(2,3)8-6-5-7-10(8)4;1-8(2,3)9-6-4-5-7-9/h2*8H,5-7H2,1-4H3;4-7H2,1-3H3. The van der Waals surface area contributed by atoms with Gasteiger partial charge in [0.05, 0.1) is 0 Å². The Hall–Kier alpha value is -0.120. The number of hydrogen-bond acceptors (Lipinski definition) is 3. The molecular weight excluding hydrogens is 354 g/mol. The quantitative estimate of drug-likeness (QED) is 0.486. The molecule has 0 amide bonds. The number of likely N-dealkylation sites (tertiary alicyclic amines) is 3. The first-order valence-electron chi connectivity index (χ1n) is 12.3. The Morgan fingerprint density at radius 1 is 0.621 bits per heavy atom. The molecule has 0 N–H and O–H groups in total. The second-order valence-electron chi connectivity index (χ2n) is 13.0. The van der Waals surface area contributed by atoms with Gasteiger partial charge >= 0.3 is 0 Å². The second kappa shape index (κ2) is 11.0. The van der Waals surface area contributed by atoms with Crippen molar-refractivity contribution < 1.29 is 0 Å². The molecular formula is C26H55N3. The van der Waals surface area contributed by atoms with E-state index in [1.807, 2.05) is 0 Å². The van der Waals surface area contributed by atoms with E-state index in [4.69, 9.17) is 0 Å². The fourth-order valence-corrected chi connectivity index (χ4v) is 5.03. The summed E-state index contributed by atoms with van der Waals surface area (Å²) in [6, 6.07) is 0.812. The molecule has 3 rings (SSSR count). The molecule has 29 heavy (non-hydrogen) atoms. The molecule has 0 aromatic carbocycles. The van der Waals surface area contributed by atoms with Gasteiger partial charge in [0.1, 0.15) is 0 Å². The first kappa shape index (κ1) is 26.9. The maximum Gasteiger partial charge on any atom is 0.0141 e. The lowest BCUT2D eigenvalue weighted by Crippen LogP contribution is -2.38. The Bertz CT molecular complexity index is 446. The lowest BCUT2D eigenvalue weighted by molar-refractivity contribution is 0.169. The van der Waals surface area contributed by atoms with Crippen LogP contribution in [0.15, 0.2) is 0 Å². The molecule has 3 aliphatic rings. The van der Waals surface area contributed by atoms with Gasteiger partial charge in [-0.25, -0.2) is 0 Å². The first-order valence-corrected chi connectivity index (χ1v) is 12.3. The van der Waals surface area contributed by atoms with Crippen molar-refractivity contribution in [3.8, 4) is 0 Å². The minimum Gasteiger partial charge on any atom is -0.306 e. The zero-order valence-corrected chi connectivity index (χ0v) is 22.1. The number of hydrogen-bond donors (Lipinski definition) is 0. The molecule has 2 unspecified atom stereocenters. The second-order valence-corrected chi connectivity index (χ2v) is 13.0. The third kappa shape index (κ3) is 9.70. The molecule has 0 saturated carbocycles. The average Bonchev–Trinajstić information content (AvgIpc) is 3.25. The molecule has 2 atom stereocenters. The van der Waals surface area contributed by atoms with Crippen LogP contribution in [0.4, 0.5) is 0 Å². The molecule has 0 bridgehead atoms. The molecule has 0 spiro atoms. The van der Waals surface area contributed by atoms with Crippen LogP contribution in [0.5, 0.6) is 0 Å². The summed E-state index contributed by atoms with van der Waals surface area (Å²) in [4.78, 5) is 7.46. The van der Waals surface area contributed by atoms with Gasteiger partial charge in [0.2, 0.25) is 0 Å². The highest BCUT2D eigenvalue weighted by Crippen LogP contribution is 2.33. The van der Waals surface area contributed by atoms with E-state index in [0.29, 0.717) is 16.4 Å². The Kier molecular flexibility index (Phi) is 10.2. The van der Waals surface area contributed by atoms with Gasteiger partial charge in [0.15, 0.2) is 0 Å². The fourth-order valence-electron chi connectivity index (χ4n) is 5.03. The Morgan fingerprint density at radius 3 is 1.38 bits per heavy atom. The van der Waals surface area contributed by atoms with Gasteiger partial charge in [-0.15, -0.1) is 0 Å². The smallest absolute Gasteiger partial charge is 0.0141 e.